The number of hydrogen-bond acceptors (Lipinski definition) is 6. The van der Waals surface area contributed by atoms with E-state index >= 15 is 0 Å². The third-order valence-electron chi connectivity index (χ3n) is 8.56. The minimum absolute atomic E-state index is 0.0791. The number of carbonyl (C=O) groups is 3. The fraction of sp³-hybridized carbons (Fsp3) is 0.400. The summed E-state index contributed by atoms with van der Waals surface area (Å²) in [4.78, 5) is 41.1. The van der Waals surface area contributed by atoms with Gasteiger partial charge >= 0.3 is 5.97 Å². The van der Waals surface area contributed by atoms with Crippen molar-refractivity contribution in [1.29, 1.82) is 0 Å². The number of fused-ring (bicyclic) bond motifs is 2. The minimum atomic E-state index is -0.757. The lowest BCUT2D eigenvalue weighted by Gasteiger charge is -2.40. The van der Waals surface area contributed by atoms with Gasteiger partial charge in [0, 0.05) is 13.0 Å². The minimum Gasteiger partial charge on any atom is -0.489 e. The topological polar surface area (TPSA) is 111 Å². The summed E-state index contributed by atoms with van der Waals surface area (Å²) in [6.45, 7) is 6.38. The number of methoxy groups -OCH3 is 1. The first-order valence-electron chi connectivity index (χ1n) is 14.9. The molecule has 0 aromatic heterocycles. The van der Waals surface area contributed by atoms with Crippen LogP contribution in [0.25, 0.3) is 0 Å². The van der Waals surface area contributed by atoms with Crippen molar-refractivity contribution < 1.29 is 23.9 Å². The first kappa shape index (κ1) is 30.3. The molecule has 3 aromatic rings. The molecule has 0 saturated heterocycles. The zero-order chi connectivity index (χ0) is 30.7. The van der Waals surface area contributed by atoms with E-state index in [2.05, 4.69) is 17.4 Å². The molecule has 0 fully saturated rings. The number of aryl methyl sites for hydroxylation is 1. The number of esters is 1. The van der Waals surface area contributed by atoms with E-state index in [9.17, 15) is 14.4 Å². The van der Waals surface area contributed by atoms with Gasteiger partial charge in [-0.15, -0.1) is 0 Å². The summed E-state index contributed by atoms with van der Waals surface area (Å²) in [5.41, 5.74) is 11.7. The van der Waals surface area contributed by atoms with Crippen LogP contribution in [-0.4, -0.2) is 41.9 Å². The second-order valence-electron chi connectivity index (χ2n) is 12.6. The highest BCUT2D eigenvalue weighted by atomic mass is 16.5. The van der Waals surface area contributed by atoms with Crippen molar-refractivity contribution in [3.63, 3.8) is 0 Å². The molecule has 3 atom stereocenters. The summed E-state index contributed by atoms with van der Waals surface area (Å²) < 4.78 is 10.8. The Kier molecular flexibility index (Phi) is 8.87. The van der Waals surface area contributed by atoms with E-state index in [-0.39, 0.29) is 30.4 Å². The Hall–Kier alpha value is -4.17. The summed E-state index contributed by atoms with van der Waals surface area (Å²) in [6.07, 6.45) is 3.28. The molecule has 8 heteroatoms. The van der Waals surface area contributed by atoms with Crippen molar-refractivity contribution in [3.05, 3.63) is 100 Å². The van der Waals surface area contributed by atoms with Gasteiger partial charge < -0.3 is 25.4 Å². The lowest BCUT2D eigenvalue weighted by molar-refractivity contribution is -0.145. The average molecular weight is 584 g/mol. The lowest BCUT2D eigenvalue weighted by atomic mass is 9.84. The SMILES string of the molecule is COC(=O)c1ccc(COc2ccc3c(c2)CN(C(=O)[C@@H](N)C(C)(C)C)[C@H](C(=O)N[C@@H]2CCCc4ccccc42)C3)cc1. The van der Waals surface area contributed by atoms with Crippen molar-refractivity contribution in [2.45, 2.75) is 77.7 Å². The number of hydrogen-bond donors (Lipinski definition) is 2. The van der Waals surface area contributed by atoms with Crippen LogP contribution in [-0.2, 0) is 40.3 Å². The predicted molar refractivity (Wildman–Crippen MR) is 164 cm³/mol. The van der Waals surface area contributed by atoms with Gasteiger partial charge in [-0.3, -0.25) is 9.59 Å². The number of rotatable bonds is 7. The summed E-state index contributed by atoms with van der Waals surface area (Å²) in [5, 5.41) is 3.28. The highest BCUT2D eigenvalue weighted by Gasteiger charge is 2.40. The molecule has 0 bridgehead atoms. The fourth-order valence-electron chi connectivity index (χ4n) is 5.86. The van der Waals surface area contributed by atoms with Crippen LogP contribution in [0.3, 0.4) is 0 Å². The monoisotopic (exact) mass is 583 g/mol. The Bertz CT molecular complexity index is 1490. The first-order chi connectivity index (χ1) is 20.5. The van der Waals surface area contributed by atoms with Gasteiger partial charge in [-0.1, -0.05) is 63.2 Å². The normalized spacial score (nSPS) is 18.6. The maximum atomic E-state index is 13.9. The van der Waals surface area contributed by atoms with E-state index in [4.69, 9.17) is 15.2 Å². The Labute approximate surface area is 253 Å². The fourth-order valence-corrected chi connectivity index (χ4v) is 5.86. The van der Waals surface area contributed by atoms with Crippen LogP contribution < -0.4 is 15.8 Å². The van der Waals surface area contributed by atoms with Crippen LogP contribution in [0.5, 0.6) is 5.75 Å². The third kappa shape index (κ3) is 6.75. The van der Waals surface area contributed by atoms with Crippen molar-refractivity contribution >= 4 is 17.8 Å². The van der Waals surface area contributed by atoms with Crippen LogP contribution in [0.4, 0.5) is 0 Å². The van der Waals surface area contributed by atoms with Crippen LogP contribution in [0, 0.1) is 5.41 Å². The molecule has 1 heterocycles. The largest absolute Gasteiger partial charge is 0.489 e. The van der Waals surface area contributed by atoms with Crippen LogP contribution in [0.15, 0.2) is 66.7 Å². The maximum absolute atomic E-state index is 13.9. The Morgan fingerprint density at radius 1 is 1.00 bits per heavy atom. The van der Waals surface area contributed by atoms with E-state index in [0.717, 1.165) is 41.5 Å². The molecule has 3 N–H and O–H groups in total. The first-order valence-corrected chi connectivity index (χ1v) is 14.9. The zero-order valence-corrected chi connectivity index (χ0v) is 25.4. The van der Waals surface area contributed by atoms with Crippen LogP contribution >= 0.6 is 0 Å². The highest BCUT2D eigenvalue weighted by Crippen LogP contribution is 2.33. The molecule has 3 aromatic carbocycles. The molecule has 1 aliphatic heterocycles. The lowest BCUT2D eigenvalue weighted by Crippen LogP contribution is -2.59. The molecule has 0 spiro atoms. The smallest absolute Gasteiger partial charge is 0.337 e. The van der Waals surface area contributed by atoms with Gasteiger partial charge in [0.05, 0.1) is 24.8 Å². The quantitative estimate of drug-likeness (QED) is 0.384. The molecule has 2 amide bonds. The number of nitrogens with zero attached hydrogens (tertiary/aromatic N) is 1. The van der Waals surface area contributed by atoms with E-state index in [1.54, 1.807) is 17.0 Å². The number of carbonyl (C=O) groups excluding carboxylic acids is 3. The van der Waals surface area contributed by atoms with Crippen LogP contribution in [0.2, 0.25) is 0 Å². The Morgan fingerprint density at radius 3 is 2.47 bits per heavy atom. The molecule has 0 unspecified atom stereocenters. The molecular formula is C35H41N3O5. The zero-order valence-electron chi connectivity index (χ0n) is 25.4. The summed E-state index contributed by atoms with van der Waals surface area (Å²) in [6, 6.07) is 19.6. The van der Waals surface area contributed by atoms with Gasteiger partial charge in [-0.05, 0) is 76.8 Å². The van der Waals surface area contributed by atoms with E-state index < -0.39 is 17.5 Å². The van der Waals surface area contributed by atoms with E-state index in [0.29, 0.717) is 24.3 Å². The summed E-state index contributed by atoms with van der Waals surface area (Å²) in [5.74, 6) is -0.120. The molecular weight excluding hydrogens is 542 g/mol. The number of nitrogens with two attached hydrogens (primary N) is 1. The Balaban J connectivity index is 1.35. The standard InChI is InChI=1S/C35H41N3O5/c1-35(2,3)31(36)33(40)38-20-26-18-27(43-21-22-12-14-24(15-13-22)34(41)42-4)17-16-25(26)19-30(38)32(39)37-29-11-7-9-23-8-5-6-10-28(23)29/h5-6,8,10,12-18,29-31H,7,9,11,19-21,36H2,1-4H3,(H,37,39)/t29-,30+,31-/m1/s1. The van der Waals surface area contributed by atoms with Gasteiger partial charge in [0.2, 0.25) is 11.8 Å². The highest BCUT2D eigenvalue weighted by molar-refractivity contribution is 5.91. The van der Waals surface area contributed by atoms with Gasteiger partial charge in [-0.2, -0.15) is 0 Å². The number of amides is 2. The third-order valence-corrected chi connectivity index (χ3v) is 8.56. The van der Waals surface area contributed by atoms with E-state index in [1.807, 2.05) is 63.2 Å². The maximum Gasteiger partial charge on any atom is 0.337 e. The number of ether oxygens (including phenoxy) is 2. The van der Waals surface area contributed by atoms with E-state index in [1.165, 1.54) is 12.7 Å². The number of nitrogens with one attached hydrogen (secondary N) is 1. The molecule has 5 rings (SSSR count). The van der Waals surface area contributed by atoms with Crippen molar-refractivity contribution in [3.8, 4) is 5.75 Å². The van der Waals surface area contributed by atoms with Gasteiger partial charge in [0.15, 0.2) is 0 Å². The molecule has 2 aliphatic rings. The molecule has 0 saturated carbocycles. The molecule has 8 nitrogen and oxygen atoms in total. The molecule has 0 radical (unpaired) electrons. The van der Waals surface area contributed by atoms with Crippen molar-refractivity contribution in [2.24, 2.45) is 11.1 Å². The van der Waals surface area contributed by atoms with Crippen molar-refractivity contribution in [1.82, 2.24) is 10.2 Å². The van der Waals surface area contributed by atoms with Gasteiger partial charge in [0.25, 0.3) is 0 Å². The summed E-state index contributed by atoms with van der Waals surface area (Å²) >= 11 is 0. The average Bonchev–Trinajstić information content (AvgIpc) is 3.01. The van der Waals surface area contributed by atoms with Crippen molar-refractivity contribution in [2.75, 3.05) is 7.11 Å². The molecule has 1 aliphatic carbocycles. The van der Waals surface area contributed by atoms with Crippen LogP contribution in [0.1, 0.15) is 77.8 Å². The predicted octanol–water partition coefficient (Wildman–Crippen LogP) is 4.87. The molecule has 226 valence electrons. The number of benzene rings is 3. The van der Waals surface area contributed by atoms with Gasteiger partial charge in [0.1, 0.15) is 18.4 Å². The second-order valence-corrected chi connectivity index (χ2v) is 12.6. The molecule has 43 heavy (non-hydrogen) atoms. The second kappa shape index (κ2) is 12.6. The summed E-state index contributed by atoms with van der Waals surface area (Å²) in [7, 11) is 1.35. The van der Waals surface area contributed by atoms with Gasteiger partial charge in [-0.25, -0.2) is 4.79 Å². The Morgan fingerprint density at radius 2 is 1.74 bits per heavy atom.